The highest BCUT2D eigenvalue weighted by Gasteiger charge is 2.39. The SMILES string of the molecule is Cc1nc(C2(NC(=O)/C=C/c3ccc(Oc4cccnc4)c(F)c3)CCCCC2)no1. The molecule has 7 nitrogen and oxygen atoms in total. The molecule has 2 heterocycles. The second kappa shape index (κ2) is 9.07. The van der Waals surface area contributed by atoms with Gasteiger partial charge in [-0.3, -0.25) is 9.78 Å². The van der Waals surface area contributed by atoms with Crippen molar-refractivity contribution in [1.82, 2.24) is 20.4 Å². The number of carbonyl (C=O) groups is 1. The fourth-order valence-corrected chi connectivity index (χ4v) is 3.74. The maximum Gasteiger partial charge on any atom is 0.244 e. The molecule has 3 aromatic rings. The van der Waals surface area contributed by atoms with Crippen molar-refractivity contribution in [2.75, 3.05) is 0 Å². The molecule has 1 aromatic carbocycles. The minimum absolute atomic E-state index is 0.0863. The van der Waals surface area contributed by atoms with Gasteiger partial charge in [0.15, 0.2) is 17.4 Å². The summed E-state index contributed by atoms with van der Waals surface area (Å²) in [5.41, 5.74) is -0.0938. The summed E-state index contributed by atoms with van der Waals surface area (Å²) in [6.45, 7) is 1.73. The topological polar surface area (TPSA) is 90.1 Å². The Morgan fingerprint density at radius 3 is 2.77 bits per heavy atom. The molecule has 1 aliphatic carbocycles. The van der Waals surface area contributed by atoms with Gasteiger partial charge < -0.3 is 14.6 Å². The molecule has 2 aromatic heterocycles. The number of hydrogen-bond acceptors (Lipinski definition) is 6. The Kier molecular flexibility index (Phi) is 6.06. The Bertz CT molecular complexity index is 1080. The molecule has 1 N–H and O–H groups in total. The van der Waals surface area contributed by atoms with Crippen LogP contribution < -0.4 is 10.1 Å². The van der Waals surface area contributed by atoms with Crippen LogP contribution in [0.3, 0.4) is 0 Å². The number of carbonyl (C=O) groups excluding carboxylic acids is 1. The summed E-state index contributed by atoms with van der Waals surface area (Å²) in [5, 5.41) is 7.10. The highest BCUT2D eigenvalue weighted by Crippen LogP contribution is 2.35. The lowest BCUT2D eigenvalue weighted by atomic mass is 9.81. The molecule has 4 rings (SSSR count). The van der Waals surface area contributed by atoms with E-state index in [4.69, 9.17) is 9.26 Å². The summed E-state index contributed by atoms with van der Waals surface area (Å²) in [4.78, 5) is 20.9. The summed E-state index contributed by atoms with van der Waals surface area (Å²) >= 11 is 0. The number of aromatic nitrogens is 3. The van der Waals surface area contributed by atoms with E-state index in [1.807, 2.05) is 0 Å². The minimum atomic E-state index is -0.635. The molecule has 0 spiro atoms. The number of amides is 1. The first-order valence-electron chi connectivity index (χ1n) is 10.2. The van der Waals surface area contributed by atoms with Gasteiger partial charge in [0.25, 0.3) is 0 Å². The highest BCUT2D eigenvalue weighted by atomic mass is 19.1. The molecule has 0 radical (unpaired) electrons. The summed E-state index contributed by atoms with van der Waals surface area (Å²) in [5.74, 6) is 0.683. The van der Waals surface area contributed by atoms with E-state index in [2.05, 4.69) is 20.4 Å². The Balaban J connectivity index is 1.45. The van der Waals surface area contributed by atoms with Crippen LogP contribution in [-0.2, 0) is 10.3 Å². The van der Waals surface area contributed by atoms with E-state index < -0.39 is 11.4 Å². The first-order chi connectivity index (χ1) is 15.0. The molecule has 1 amide bonds. The van der Waals surface area contributed by atoms with Crippen molar-refractivity contribution in [2.24, 2.45) is 0 Å². The average Bonchev–Trinajstić information content (AvgIpc) is 3.22. The summed E-state index contributed by atoms with van der Waals surface area (Å²) in [7, 11) is 0. The van der Waals surface area contributed by atoms with Crippen LogP contribution in [0.25, 0.3) is 6.08 Å². The third kappa shape index (κ3) is 4.96. The lowest BCUT2D eigenvalue weighted by molar-refractivity contribution is -0.119. The number of halogens is 1. The number of aryl methyl sites for hydroxylation is 1. The van der Waals surface area contributed by atoms with Crippen LogP contribution in [0.2, 0.25) is 0 Å². The Morgan fingerprint density at radius 2 is 2.10 bits per heavy atom. The van der Waals surface area contributed by atoms with Gasteiger partial charge in [-0.1, -0.05) is 30.5 Å². The zero-order chi connectivity index (χ0) is 21.7. The predicted octanol–water partition coefficient (Wildman–Crippen LogP) is 4.69. The molecular formula is C23H23FN4O3. The highest BCUT2D eigenvalue weighted by molar-refractivity contribution is 5.92. The average molecular weight is 422 g/mol. The quantitative estimate of drug-likeness (QED) is 0.580. The first-order valence-corrected chi connectivity index (χ1v) is 10.2. The molecule has 0 unspecified atom stereocenters. The van der Waals surface area contributed by atoms with Gasteiger partial charge in [0.1, 0.15) is 11.3 Å². The third-order valence-corrected chi connectivity index (χ3v) is 5.27. The van der Waals surface area contributed by atoms with Crippen molar-refractivity contribution in [3.63, 3.8) is 0 Å². The number of nitrogens with zero attached hydrogens (tertiary/aromatic N) is 3. The number of pyridine rings is 1. The van der Waals surface area contributed by atoms with Crippen LogP contribution in [0.4, 0.5) is 4.39 Å². The molecule has 0 saturated heterocycles. The van der Waals surface area contributed by atoms with Crippen LogP contribution in [0.1, 0.15) is 49.4 Å². The molecule has 0 atom stereocenters. The second-order valence-electron chi connectivity index (χ2n) is 7.58. The molecular weight excluding hydrogens is 399 g/mol. The normalized spacial score (nSPS) is 15.7. The largest absolute Gasteiger partial charge is 0.453 e. The van der Waals surface area contributed by atoms with E-state index in [0.29, 0.717) is 23.0 Å². The minimum Gasteiger partial charge on any atom is -0.453 e. The van der Waals surface area contributed by atoms with Crippen LogP contribution >= 0.6 is 0 Å². The lowest BCUT2D eigenvalue weighted by Gasteiger charge is -2.34. The van der Waals surface area contributed by atoms with Crippen molar-refractivity contribution in [2.45, 2.75) is 44.6 Å². The van der Waals surface area contributed by atoms with Crippen LogP contribution in [0.15, 0.2) is 53.3 Å². The lowest BCUT2D eigenvalue weighted by Crippen LogP contribution is -2.47. The van der Waals surface area contributed by atoms with E-state index in [9.17, 15) is 9.18 Å². The van der Waals surface area contributed by atoms with Crippen LogP contribution in [0, 0.1) is 12.7 Å². The van der Waals surface area contributed by atoms with E-state index in [0.717, 1.165) is 32.1 Å². The smallest absolute Gasteiger partial charge is 0.244 e. The summed E-state index contributed by atoms with van der Waals surface area (Å²) in [6, 6.07) is 7.91. The van der Waals surface area contributed by atoms with E-state index in [-0.39, 0.29) is 11.7 Å². The Hall–Kier alpha value is -3.55. The molecule has 0 bridgehead atoms. The molecule has 0 aliphatic heterocycles. The van der Waals surface area contributed by atoms with Crippen molar-refractivity contribution >= 4 is 12.0 Å². The van der Waals surface area contributed by atoms with Gasteiger partial charge in [-0.25, -0.2) is 4.39 Å². The molecule has 1 saturated carbocycles. The second-order valence-corrected chi connectivity index (χ2v) is 7.58. The van der Waals surface area contributed by atoms with Gasteiger partial charge in [0, 0.05) is 19.2 Å². The van der Waals surface area contributed by atoms with Gasteiger partial charge in [0.05, 0.1) is 6.20 Å². The maximum atomic E-state index is 14.4. The summed E-state index contributed by atoms with van der Waals surface area (Å²) < 4.78 is 25.0. The molecule has 1 fully saturated rings. The number of rotatable bonds is 6. The van der Waals surface area contributed by atoms with Crippen molar-refractivity contribution in [3.05, 3.63) is 71.9 Å². The molecule has 8 heteroatoms. The zero-order valence-corrected chi connectivity index (χ0v) is 17.2. The zero-order valence-electron chi connectivity index (χ0n) is 17.2. The van der Waals surface area contributed by atoms with Crippen LogP contribution in [-0.4, -0.2) is 21.0 Å². The van der Waals surface area contributed by atoms with Gasteiger partial charge in [-0.15, -0.1) is 0 Å². The molecule has 31 heavy (non-hydrogen) atoms. The van der Waals surface area contributed by atoms with E-state index >= 15 is 0 Å². The van der Waals surface area contributed by atoms with E-state index in [1.165, 1.54) is 24.4 Å². The Morgan fingerprint density at radius 1 is 1.26 bits per heavy atom. The number of hydrogen-bond donors (Lipinski definition) is 1. The number of nitrogens with one attached hydrogen (secondary N) is 1. The number of benzene rings is 1. The van der Waals surface area contributed by atoms with Gasteiger partial charge >= 0.3 is 0 Å². The Labute approximate surface area is 179 Å². The molecule has 160 valence electrons. The number of ether oxygens (including phenoxy) is 1. The fraction of sp³-hybridized carbons (Fsp3) is 0.304. The third-order valence-electron chi connectivity index (χ3n) is 5.27. The monoisotopic (exact) mass is 422 g/mol. The van der Waals surface area contributed by atoms with Crippen molar-refractivity contribution in [3.8, 4) is 11.5 Å². The first kappa shape index (κ1) is 20.7. The van der Waals surface area contributed by atoms with Crippen molar-refractivity contribution in [1.29, 1.82) is 0 Å². The van der Waals surface area contributed by atoms with Gasteiger partial charge in [0.2, 0.25) is 11.8 Å². The molecule has 1 aliphatic rings. The van der Waals surface area contributed by atoms with Gasteiger partial charge in [-0.2, -0.15) is 4.98 Å². The maximum absolute atomic E-state index is 14.4. The standard InChI is InChI=1S/C23H23FN4O3/c1-16-26-22(28-31-16)23(11-3-2-4-12-23)27-21(29)10-8-17-7-9-20(19(24)14-17)30-18-6-5-13-25-15-18/h5-10,13-15H,2-4,11-12H2,1H3,(H,27,29)/b10-8+. The van der Waals surface area contributed by atoms with Crippen LogP contribution in [0.5, 0.6) is 11.5 Å². The fourth-order valence-electron chi connectivity index (χ4n) is 3.74. The summed E-state index contributed by atoms with van der Waals surface area (Å²) in [6.07, 6.45) is 10.6. The van der Waals surface area contributed by atoms with Gasteiger partial charge in [-0.05, 0) is 48.7 Å². The van der Waals surface area contributed by atoms with E-state index in [1.54, 1.807) is 37.4 Å². The predicted molar refractivity (Wildman–Crippen MR) is 112 cm³/mol. The van der Waals surface area contributed by atoms with Crippen molar-refractivity contribution < 1.29 is 18.4 Å².